The highest BCUT2D eigenvalue weighted by molar-refractivity contribution is 7.99. The van der Waals surface area contributed by atoms with Gasteiger partial charge in [0.2, 0.25) is 0 Å². The summed E-state index contributed by atoms with van der Waals surface area (Å²) in [4.78, 5) is 13.2. The molecular weight excluding hydrogens is 336 g/mol. The summed E-state index contributed by atoms with van der Waals surface area (Å²) in [6.45, 7) is 1.15. The minimum Gasteiger partial charge on any atom is -0.450 e. The van der Waals surface area contributed by atoms with Crippen molar-refractivity contribution in [1.29, 1.82) is 5.26 Å². The van der Waals surface area contributed by atoms with E-state index in [1.165, 1.54) is 17.8 Å². The molecule has 2 heterocycles. The second-order valence-electron chi connectivity index (χ2n) is 5.59. The third-order valence-corrected chi connectivity index (χ3v) is 4.66. The first-order valence-electron chi connectivity index (χ1n) is 8.09. The fourth-order valence-corrected chi connectivity index (χ4v) is 3.27. The molecule has 1 atom stereocenters. The molecule has 1 aliphatic heterocycles. The Bertz CT molecular complexity index is 787. The number of hydrogen-bond donors (Lipinski definition) is 1. The Morgan fingerprint density at radius 1 is 1.32 bits per heavy atom. The topological polar surface area (TPSA) is 75.3 Å². The van der Waals surface area contributed by atoms with Crippen LogP contribution in [0.1, 0.15) is 18.6 Å². The Morgan fingerprint density at radius 3 is 2.88 bits per heavy atom. The number of benzene rings is 1. The van der Waals surface area contributed by atoms with E-state index >= 15 is 0 Å². The molecule has 1 saturated heterocycles. The number of rotatable bonds is 6. The first kappa shape index (κ1) is 17.3. The van der Waals surface area contributed by atoms with Crippen LogP contribution in [-0.2, 0) is 9.53 Å². The molecule has 0 spiro atoms. The van der Waals surface area contributed by atoms with Crippen LogP contribution in [0.2, 0.25) is 0 Å². The summed E-state index contributed by atoms with van der Waals surface area (Å²) in [5.74, 6) is 0.0638. The summed E-state index contributed by atoms with van der Waals surface area (Å²) < 4.78 is 11.1. The van der Waals surface area contributed by atoms with Gasteiger partial charge in [0.05, 0.1) is 6.10 Å². The SMILES string of the molecule is N#CC(=Cc1ccc(Sc2ccccc2)o1)C(=O)NCC1CCCO1. The van der Waals surface area contributed by atoms with E-state index in [9.17, 15) is 10.1 Å². The molecule has 2 aromatic rings. The van der Waals surface area contributed by atoms with Gasteiger partial charge in [-0.3, -0.25) is 4.79 Å². The van der Waals surface area contributed by atoms with Gasteiger partial charge in [0, 0.05) is 24.1 Å². The standard InChI is InChI=1S/C19H18N2O3S/c20-12-14(19(22)21-13-16-5-4-10-23-16)11-15-8-9-18(24-15)25-17-6-2-1-3-7-17/h1-3,6-9,11,16H,4-5,10,13H2,(H,21,22). The predicted octanol–water partition coefficient (Wildman–Crippen LogP) is 3.63. The third-order valence-electron chi connectivity index (χ3n) is 3.73. The van der Waals surface area contributed by atoms with E-state index in [1.54, 1.807) is 6.07 Å². The maximum Gasteiger partial charge on any atom is 0.262 e. The van der Waals surface area contributed by atoms with Crippen molar-refractivity contribution in [2.45, 2.75) is 28.9 Å². The number of ether oxygens (including phenoxy) is 1. The Kier molecular flexibility index (Phi) is 5.94. The van der Waals surface area contributed by atoms with Crippen LogP contribution in [0.5, 0.6) is 0 Å². The van der Waals surface area contributed by atoms with Crippen molar-refractivity contribution < 1.29 is 13.9 Å². The fraction of sp³-hybridized carbons (Fsp3) is 0.263. The molecule has 1 amide bonds. The zero-order valence-electron chi connectivity index (χ0n) is 13.6. The van der Waals surface area contributed by atoms with Crippen molar-refractivity contribution in [3.63, 3.8) is 0 Å². The van der Waals surface area contributed by atoms with E-state index in [2.05, 4.69) is 5.32 Å². The lowest BCUT2D eigenvalue weighted by Crippen LogP contribution is -2.32. The van der Waals surface area contributed by atoms with Crippen molar-refractivity contribution in [1.82, 2.24) is 5.32 Å². The summed E-state index contributed by atoms with van der Waals surface area (Å²) in [5, 5.41) is 12.7. The number of amides is 1. The summed E-state index contributed by atoms with van der Waals surface area (Å²) in [5.41, 5.74) is 0.0172. The first-order chi connectivity index (χ1) is 12.2. The second kappa shape index (κ2) is 8.56. The molecule has 0 saturated carbocycles. The number of carbonyl (C=O) groups is 1. The van der Waals surface area contributed by atoms with Gasteiger partial charge in [0.25, 0.3) is 5.91 Å². The quantitative estimate of drug-likeness (QED) is 0.633. The molecular formula is C19H18N2O3S. The average molecular weight is 354 g/mol. The molecule has 1 aliphatic rings. The Hall–Kier alpha value is -2.49. The highest BCUT2D eigenvalue weighted by Gasteiger charge is 2.18. The first-order valence-corrected chi connectivity index (χ1v) is 8.90. The van der Waals surface area contributed by atoms with Crippen LogP contribution in [0.4, 0.5) is 0 Å². The van der Waals surface area contributed by atoms with Gasteiger partial charge in [0.1, 0.15) is 17.4 Å². The molecule has 128 valence electrons. The highest BCUT2D eigenvalue weighted by Crippen LogP contribution is 2.29. The summed E-state index contributed by atoms with van der Waals surface area (Å²) in [7, 11) is 0. The molecule has 1 aromatic heterocycles. The number of nitriles is 1. The van der Waals surface area contributed by atoms with Crippen molar-refractivity contribution in [2.75, 3.05) is 13.2 Å². The third kappa shape index (κ3) is 4.99. The maximum absolute atomic E-state index is 12.1. The van der Waals surface area contributed by atoms with Gasteiger partial charge in [0.15, 0.2) is 5.09 Å². The van der Waals surface area contributed by atoms with Crippen LogP contribution in [0, 0.1) is 11.3 Å². The van der Waals surface area contributed by atoms with Gasteiger partial charge >= 0.3 is 0 Å². The Morgan fingerprint density at radius 2 is 2.16 bits per heavy atom. The molecule has 25 heavy (non-hydrogen) atoms. The van der Waals surface area contributed by atoms with Crippen molar-refractivity contribution in [3.8, 4) is 6.07 Å². The Balaban J connectivity index is 1.61. The van der Waals surface area contributed by atoms with Crippen LogP contribution in [0.15, 0.2) is 62.4 Å². The molecule has 0 bridgehead atoms. The van der Waals surface area contributed by atoms with Gasteiger partial charge in [-0.15, -0.1) is 0 Å². The molecule has 1 fully saturated rings. The summed E-state index contributed by atoms with van der Waals surface area (Å²) >= 11 is 1.48. The van der Waals surface area contributed by atoms with E-state index < -0.39 is 5.91 Å². The number of hydrogen-bond acceptors (Lipinski definition) is 5. The van der Waals surface area contributed by atoms with Crippen LogP contribution in [0.3, 0.4) is 0 Å². The number of furan rings is 1. The van der Waals surface area contributed by atoms with E-state index in [1.807, 2.05) is 42.5 Å². The number of nitrogens with zero attached hydrogens (tertiary/aromatic N) is 1. The van der Waals surface area contributed by atoms with Crippen LogP contribution >= 0.6 is 11.8 Å². The van der Waals surface area contributed by atoms with E-state index in [4.69, 9.17) is 9.15 Å². The van der Waals surface area contributed by atoms with Crippen LogP contribution in [-0.4, -0.2) is 25.2 Å². The lowest BCUT2D eigenvalue weighted by Gasteiger charge is -2.09. The monoisotopic (exact) mass is 354 g/mol. The van der Waals surface area contributed by atoms with Gasteiger partial charge in [-0.05, 0) is 37.1 Å². The minimum atomic E-state index is -0.410. The van der Waals surface area contributed by atoms with E-state index in [0.717, 1.165) is 24.3 Å². The molecule has 0 aliphatic carbocycles. The summed E-state index contributed by atoms with van der Waals surface area (Å²) in [6, 6.07) is 15.3. The zero-order valence-corrected chi connectivity index (χ0v) is 14.4. The molecule has 3 rings (SSSR count). The molecule has 0 radical (unpaired) electrons. The molecule has 1 aromatic carbocycles. The predicted molar refractivity (Wildman–Crippen MR) is 94.8 cm³/mol. The van der Waals surface area contributed by atoms with Crippen molar-refractivity contribution in [2.24, 2.45) is 0 Å². The van der Waals surface area contributed by atoms with Gasteiger partial charge in [-0.25, -0.2) is 0 Å². The lowest BCUT2D eigenvalue weighted by molar-refractivity contribution is -0.117. The smallest absolute Gasteiger partial charge is 0.262 e. The van der Waals surface area contributed by atoms with Crippen molar-refractivity contribution in [3.05, 3.63) is 53.8 Å². The maximum atomic E-state index is 12.1. The summed E-state index contributed by atoms with van der Waals surface area (Å²) in [6.07, 6.45) is 3.45. The highest BCUT2D eigenvalue weighted by atomic mass is 32.2. The van der Waals surface area contributed by atoms with Gasteiger partial charge in [-0.2, -0.15) is 5.26 Å². The molecule has 1 unspecified atom stereocenters. The van der Waals surface area contributed by atoms with Gasteiger partial charge in [-0.1, -0.05) is 30.0 Å². The fourth-order valence-electron chi connectivity index (χ4n) is 2.47. The number of nitrogens with one attached hydrogen (secondary N) is 1. The second-order valence-corrected chi connectivity index (χ2v) is 6.66. The lowest BCUT2D eigenvalue weighted by atomic mass is 10.2. The van der Waals surface area contributed by atoms with E-state index in [-0.39, 0.29) is 11.7 Å². The zero-order chi connectivity index (χ0) is 17.5. The minimum absolute atomic E-state index is 0.0172. The van der Waals surface area contributed by atoms with Gasteiger partial charge < -0.3 is 14.5 Å². The van der Waals surface area contributed by atoms with Crippen molar-refractivity contribution >= 4 is 23.7 Å². The molecule has 5 nitrogen and oxygen atoms in total. The molecule has 6 heteroatoms. The average Bonchev–Trinajstić information content (AvgIpc) is 3.30. The van der Waals surface area contributed by atoms with Crippen LogP contribution in [0.25, 0.3) is 6.08 Å². The largest absolute Gasteiger partial charge is 0.450 e. The number of carbonyl (C=O) groups excluding carboxylic acids is 1. The Labute approximate surface area is 150 Å². The van der Waals surface area contributed by atoms with Crippen LogP contribution < -0.4 is 5.32 Å². The van der Waals surface area contributed by atoms with E-state index in [0.29, 0.717) is 17.4 Å². The normalized spacial score (nSPS) is 17.2. The molecule has 1 N–H and O–H groups in total.